The predicted octanol–water partition coefficient (Wildman–Crippen LogP) is 3.66. The molecule has 1 nitrogen and oxygen atoms in total. The molecule has 72 valence electrons. The summed E-state index contributed by atoms with van der Waals surface area (Å²) < 4.78 is 1.01. The van der Waals surface area contributed by atoms with Crippen molar-refractivity contribution < 1.29 is 4.79 Å². The quantitative estimate of drug-likeness (QED) is 0.602. The second-order valence-corrected chi connectivity index (χ2v) is 4.48. The zero-order chi connectivity index (χ0) is 10.4. The van der Waals surface area contributed by atoms with Crippen molar-refractivity contribution in [3.05, 3.63) is 58.1 Å². The molecule has 0 saturated carbocycles. The molecule has 0 spiro atoms. The van der Waals surface area contributed by atoms with Crippen LogP contribution in [0.3, 0.4) is 0 Å². The smallest absolute Gasteiger partial charge is 0.194 e. The van der Waals surface area contributed by atoms with E-state index in [-0.39, 0.29) is 5.78 Å². The number of hydrogen-bond donors (Lipinski definition) is 0. The first-order valence-corrected chi connectivity index (χ1v) is 5.50. The molecule has 0 bridgehead atoms. The summed E-state index contributed by atoms with van der Waals surface area (Å²) in [7, 11) is 0. The molecule has 0 saturated heterocycles. The number of hydrogen-bond acceptors (Lipinski definition) is 1. The van der Waals surface area contributed by atoms with E-state index in [0.717, 1.165) is 26.7 Å². The topological polar surface area (TPSA) is 17.1 Å². The lowest BCUT2D eigenvalue weighted by Crippen LogP contribution is -1.93. The third-order valence-corrected chi connectivity index (χ3v) is 3.18. The van der Waals surface area contributed by atoms with Crippen molar-refractivity contribution in [3.8, 4) is 11.1 Å². The standard InChI is InChI=1S/C13H7BrO/c14-8-5-6-11-12(7-8)9-3-1-2-4-10(9)13(11)15/h1-7H. The lowest BCUT2D eigenvalue weighted by Gasteiger charge is -1.99. The minimum Gasteiger partial charge on any atom is -0.289 e. The molecule has 15 heavy (non-hydrogen) atoms. The van der Waals surface area contributed by atoms with Gasteiger partial charge in [-0.3, -0.25) is 4.79 Å². The van der Waals surface area contributed by atoms with Gasteiger partial charge >= 0.3 is 0 Å². The van der Waals surface area contributed by atoms with Gasteiger partial charge < -0.3 is 0 Å². The highest BCUT2D eigenvalue weighted by atomic mass is 79.9. The number of rotatable bonds is 0. The van der Waals surface area contributed by atoms with Gasteiger partial charge in [0.15, 0.2) is 5.78 Å². The molecule has 0 radical (unpaired) electrons. The summed E-state index contributed by atoms with van der Waals surface area (Å²) >= 11 is 3.43. The second kappa shape index (κ2) is 3.04. The number of halogens is 1. The van der Waals surface area contributed by atoms with Crippen molar-refractivity contribution in [1.29, 1.82) is 0 Å². The Bertz CT molecular complexity index is 572. The van der Waals surface area contributed by atoms with Crippen molar-refractivity contribution >= 4 is 21.7 Å². The molecule has 2 heteroatoms. The van der Waals surface area contributed by atoms with Gasteiger partial charge in [0, 0.05) is 15.6 Å². The van der Waals surface area contributed by atoms with Gasteiger partial charge in [0.25, 0.3) is 0 Å². The third-order valence-electron chi connectivity index (χ3n) is 2.69. The Morgan fingerprint density at radius 3 is 2.27 bits per heavy atom. The van der Waals surface area contributed by atoms with Crippen molar-refractivity contribution in [1.82, 2.24) is 0 Å². The number of ketones is 1. The van der Waals surface area contributed by atoms with Crippen LogP contribution in [0.15, 0.2) is 46.9 Å². The Balaban J connectivity index is 2.39. The van der Waals surface area contributed by atoms with Gasteiger partial charge in [0.05, 0.1) is 0 Å². The molecule has 0 amide bonds. The molecule has 0 aliphatic heterocycles. The normalized spacial score (nSPS) is 12.5. The Hall–Kier alpha value is -1.41. The van der Waals surface area contributed by atoms with Crippen LogP contribution in [-0.4, -0.2) is 5.78 Å². The fraction of sp³-hybridized carbons (Fsp3) is 0. The summed E-state index contributed by atoms with van der Waals surface area (Å²) in [5.74, 6) is 0.133. The van der Waals surface area contributed by atoms with Crippen LogP contribution >= 0.6 is 15.9 Å². The zero-order valence-electron chi connectivity index (χ0n) is 7.83. The van der Waals surface area contributed by atoms with Gasteiger partial charge in [0.1, 0.15) is 0 Å². The summed E-state index contributed by atoms with van der Waals surface area (Å²) in [5, 5.41) is 0. The second-order valence-electron chi connectivity index (χ2n) is 3.56. The molecule has 2 aromatic rings. The fourth-order valence-electron chi connectivity index (χ4n) is 2.00. The predicted molar refractivity (Wildman–Crippen MR) is 63.0 cm³/mol. The van der Waals surface area contributed by atoms with Crippen LogP contribution in [0.4, 0.5) is 0 Å². The first-order valence-electron chi connectivity index (χ1n) is 4.71. The molecule has 1 aliphatic rings. The van der Waals surface area contributed by atoms with E-state index in [1.165, 1.54) is 0 Å². The Kier molecular flexibility index (Phi) is 1.80. The summed E-state index contributed by atoms with van der Waals surface area (Å²) in [6.07, 6.45) is 0. The molecule has 1 aliphatic carbocycles. The molecule has 0 fully saturated rings. The van der Waals surface area contributed by atoms with E-state index in [2.05, 4.69) is 15.9 Å². The lowest BCUT2D eigenvalue weighted by atomic mass is 10.1. The van der Waals surface area contributed by atoms with Crippen LogP contribution in [0.5, 0.6) is 0 Å². The largest absolute Gasteiger partial charge is 0.289 e. The summed E-state index contributed by atoms with van der Waals surface area (Å²) in [4.78, 5) is 12.0. The SMILES string of the molecule is O=C1c2ccccc2-c2cc(Br)ccc21. The first-order chi connectivity index (χ1) is 7.27. The molecular weight excluding hydrogens is 252 g/mol. The van der Waals surface area contributed by atoms with Crippen molar-refractivity contribution in [2.24, 2.45) is 0 Å². The molecule has 3 rings (SSSR count). The van der Waals surface area contributed by atoms with Crippen LogP contribution in [0.1, 0.15) is 15.9 Å². The number of carbonyl (C=O) groups is 1. The van der Waals surface area contributed by atoms with E-state index >= 15 is 0 Å². The fourth-order valence-corrected chi connectivity index (χ4v) is 2.36. The maximum Gasteiger partial charge on any atom is 0.194 e. The average Bonchev–Trinajstić information content (AvgIpc) is 2.54. The monoisotopic (exact) mass is 258 g/mol. The van der Waals surface area contributed by atoms with Crippen LogP contribution < -0.4 is 0 Å². The minimum atomic E-state index is 0.133. The van der Waals surface area contributed by atoms with Crippen LogP contribution in [0.2, 0.25) is 0 Å². The highest BCUT2D eigenvalue weighted by molar-refractivity contribution is 9.10. The molecule has 0 atom stereocenters. The molecule has 0 heterocycles. The summed E-state index contributed by atoms with van der Waals surface area (Å²) in [5.41, 5.74) is 3.69. The summed E-state index contributed by atoms with van der Waals surface area (Å²) in [6.45, 7) is 0. The van der Waals surface area contributed by atoms with E-state index in [9.17, 15) is 4.79 Å². The maximum atomic E-state index is 12.0. The van der Waals surface area contributed by atoms with Crippen molar-refractivity contribution in [2.45, 2.75) is 0 Å². The van der Waals surface area contributed by atoms with E-state index < -0.39 is 0 Å². The van der Waals surface area contributed by atoms with Gasteiger partial charge in [-0.25, -0.2) is 0 Å². The molecular formula is C13H7BrO. The molecule has 0 aromatic heterocycles. The minimum absolute atomic E-state index is 0.133. The molecule has 0 N–H and O–H groups in total. The Labute approximate surface area is 95.9 Å². The molecule has 0 unspecified atom stereocenters. The average molecular weight is 259 g/mol. The molecule has 2 aromatic carbocycles. The van der Waals surface area contributed by atoms with Crippen molar-refractivity contribution in [3.63, 3.8) is 0 Å². The Morgan fingerprint density at radius 2 is 1.47 bits per heavy atom. The van der Waals surface area contributed by atoms with Gasteiger partial charge in [-0.1, -0.05) is 40.2 Å². The zero-order valence-corrected chi connectivity index (χ0v) is 9.41. The van der Waals surface area contributed by atoms with E-state index in [1.807, 2.05) is 42.5 Å². The maximum absolute atomic E-state index is 12.0. The van der Waals surface area contributed by atoms with E-state index in [0.29, 0.717) is 0 Å². The third kappa shape index (κ3) is 1.18. The Morgan fingerprint density at radius 1 is 0.800 bits per heavy atom. The van der Waals surface area contributed by atoms with E-state index in [4.69, 9.17) is 0 Å². The van der Waals surface area contributed by atoms with Gasteiger partial charge in [0.2, 0.25) is 0 Å². The number of benzene rings is 2. The van der Waals surface area contributed by atoms with Crippen LogP contribution in [-0.2, 0) is 0 Å². The van der Waals surface area contributed by atoms with Gasteiger partial charge in [-0.15, -0.1) is 0 Å². The van der Waals surface area contributed by atoms with Crippen molar-refractivity contribution in [2.75, 3.05) is 0 Å². The summed E-state index contributed by atoms with van der Waals surface area (Å²) in [6, 6.07) is 13.5. The van der Waals surface area contributed by atoms with E-state index in [1.54, 1.807) is 0 Å². The first kappa shape index (κ1) is 8.86. The van der Waals surface area contributed by atoms with Gasteiger partial charge in [-0.2, -0.15) is 0 Å². The number of carbonyl (C=O) groups excluding carboxylic acids is 1. The van der Waals surface area contributed by atoms with Crippen LogP contribution in [0.25, 0.3) is 11.1 Å². The van der Waals surface area contributed by atoms with Gasteiger partial charge in [-0.05, 0) is 29.3 Å². The highest BCUT2D eigenvalue weighted by Gasteiger charge is 2.25. The van der Waals surface area contributed by atoms with Crippen LogP contribution in [0, 0.1) is 0 Å². The highest BCUT2D eigenvalue weighted by Crippen LogP contribution is 2.37. The lowest BCUT2D eigenvalue weighted by molar-refractivity contribution is 0.104. The number of fused-ring (bicyclic) bond motifs is 3.